The molecule has 5 rings (SSSR count). The summed E-state index contributed by atoms with van der Waals surface area (Å²) in [5, 5.41) is 17.0. The average molecular weight is 516 g/mol. The van der Waals surface area contributed by atoms with E-state index in [4.69, 9.17) is 4.52 Å². The highest BCUT2D eigenvalue weighted by Crippen LogP contribution is 2.45. The molecule has 1 aliphatic heterocycles. The van der Waals surface area contributed by atoms with Crippen molar-refractivity contribution in [3.8, 4) is 17.2 Å². The number of hydrogen-bond acceptors (Lipinski definition) is 6. The van der Waals surface area contributed by atoms with Crippen LogP contribution in [0.4, 0.5) is 8.78 Å². The quantitative estimate of drug-likeness (QED) is 0.418. The Hall–Kier alpha value is -4.65. The van der Waals surface area contributed by atoms with E-state index in [1.54, 1.807) is 49.4 Å². The number of alkyl halides is 2. The fourth-order valence-corrected chi connectivity index (χ4v) is 5.07. The van der Waals surface area contributed by atoms with Crippen LogP contribution in [0.5, 0.6) is 0 Å². The molecule has 0 aliphatic carbocycles. The van der Waals surface area contributed by atoms with Gasteiger partial charge in [-0.3, -0.25) is 14.6 Å². The first-order valence-electron chi connectivity index (χ1n) is 11.9. The van der Waals surface area contributed by atoms with Gasteiger partial charge >= 0.3 is 0 Å². The van der Waals surface area contributed by atoms with E-state index in [0.717, 1.165) is 16.0 Å². The SMILES string of the molecule is Cc1noc(C)c1-c1ccc2nccc(C(=O)NCC(=O)N3CC(F)(F)C[C@]3(C#N)c3ccccc3)c2c1. The number of likely N-dealkylation sites (tertiary alicyclic amines) is 1. The zero-order valence-electron chi connectivity index (χ0n) is 20.7. The highest BCUT2D eigenvalue weighted by Gasteiger charge is 2.58. The Bertz CT molecular complexity index is 1580. The number of carbonyl (C=O) groups is 2. The molecule has 1 saturated heterocycles. The molecule has 4 aromatic rings. The lowest BCUT2D eigenvalue weighted by Gasteiger charge is -2.32. The third kappa shape index (κ3) is 4.26. The number of aromatic nitrogens is 2. The molecule has 2 aromatic heterocycles. The van der Waals surface area contributed by atoms with Gasteiger partial charge in [0.25, 0.3) is 11.8 Å². The molecule has 0 radical (unpaired) electrons. The van der Waals surface area contributed by atoms with Gasteiger partial charge in [0.1, 0.15) is 5.76 Å². The van der Waals surface area contributed by atoms with Crippen molar-refractivity contribution in [1.82, 2.24) is 20.4 Å². The number of halogens is 2. The molecule has 1 fully saturated rings. The molecule has 38 heavy (non-hydrogen) atoms. The second-order valence-electron chi connectivity index (χ2n) is 9.32. The number of hydrogen-bond donors (Lipinski definition) is 1. The van der Waals surface area contributed by atoms with Crippen LogP contribution in [0, 0.1) is 25.2 Å². The van der Waals surface area contributed by atoms with Gasteiger partial charge < -0.3 is 14.7 Å². The molecule has 0 spiro atoms. The average Bonchev–Trinajstić information content (AvgIpc) is 3.41. The molecule has 192 valence electrons. The van der Waals surface area contributed by atoms with Gasteiger partial charge in [-0.25, -0.2) is 8.78 Å². The number of nitrogens with one attached hydrogen (secondary N) is 1. The molecule has 0 saturated carbocycles. The number of carbonyl (C=O) groups excluding carboxylic acids is 2. The summed E-state index contributed by atoms with van der Waals surface area (Å²) in [7, 11) is 0. The van der Waals surface area contributed by atoms with E-state index < -0.39 is 42.8 Å². The third-order valence-corrected chi connectivity index (χ3v) is 6.81. The number of nitriles is 1. The topological polar surface area (TPSA) is 112 Å². The Labute approximate surface area is 216 Å². The standard InChI is InChI=1S/C28H23F2N5O3/c1-17-25(18(2)38-34-17)19-8-9-23-22(12-19)21(10-11-32-23)26(37)33-13-24(36)35-16-28(29,30)14-27(35,15-31)20-6-4-3-5-7-20/h3-12H,13-14,16H2,1-2H3,(H,33,37)/t27-/m0/s1. The minimum absolute atomic E-state index is 0.262. The Morgan fingerprint density at radius 1 is 1.16 bits per heavy atom. The van der Waals surface area contributed by atoms with Crippen LogP contribution in [0.2, 0.25) is 0 Å². The number of pyridine rings is 1. The Morgan fingerprint density at radius 3 is 2.61 bits per heavy atom. The van der Waals surface area contributed by atoms with Crippen molar-refractivity contribution in [3.05, 3.63) is 83.4 Å². The van der Waals surface area contributed by atoms with Crippen molar-refractivity contribution < 1.29 is 22.9 Å². The number of amides is 2. The van der Waals surface area contributed by atoms with Crippen LogP contribution < -0.4 is 5.32 Å². The van der Waals surface area contributed by atoms with E-state index in [2.05, 4.69) is 15.5 Å². The fraction of sp³-hybridized carbons (Fsp3) is 0.250. The summed E-state index contributed by atoms with van der Waals surface area (Å²) in [5.74, 6) is -3.98. The van der Waals surface area contributed by atoms with E-state index in [1.165, 1.54) is 12.3 Å². The summed E-state index contributed by atoms with van der Waals surface area (Å²) in [6.07, 6.45) is 0.658. The molecular formula is C28H23F2N5O3. The van der Waals surface area contributed by atoms with Crippen LogP contribution in [-0.2, 0) is 10.3 Å². The lowest BCUT2D eigenvalue weighted by molar-refractivity contribution is -0.133. The monoisotopic (exact) mass is 515 g/mol. The number of nitrogens with zero attached hydrogens (tertiary/aromatic N) is 4. The number of benzene rings is 2. The Morgan fingerprint density at radius 2 is 1.92 bits per heavy atom. The largest absolute Gasteiger partial charge is 0.361 e. The molecule has 3 heterocycles. The minimum atomic E-state index is -3.25. The molecule has 0 unspecified atom stereocenters. The first kappa shape index (κ1) is 25.0. The van der Waals surface area contributed by atoms with Crippen LogP contribution in [-0.4, -0.2) is 45.9 Å². The molecule has 8 nitrogen and oxygen atoms in total. The van der Waals surface area contributed by atoms with E-state index in [0.29, 0.717) is 27.9 Å². The number of rotatable bonds is 5. The maximum Gasteiger partial charge on any atom is 0.269 e. The second kappa shape index (κ2) is 9.34. The van der Waals surface area contributed by atoms with E-state index in [9.17, 15) is 23.6 Å². The smallest absolute Gasteiger partial charge is 0.269 e. The Balaban J connectivity index is 1.41. The summed E-state index contributed by atoms with van der Waals surface area (Å²) in [5.41, 5.74) is 1.58. The summed E-state index contributed by atoms with van der Waals surface area (Å²) in [6.45, 7) is 2.14. The Kier molecular flexibility index (Phi) is 6.15. The van der Waals surface area contributed by atoms with Crippen LogP contribution in [0.1, 0.15) is 33.8 Å². The van der Waals surface area contributed by atoms with Gasteiger partial charge in [-0.1, -0.05) is 41.6 Å². The summed E-state index contributed by atoms with van der Waals surface area (Å²) < 4.78 is 34.3. The maximum absolute atomic E-state index is 14.5. The van der Waals surface area contributed by atoms with Gasteiger partial charge in [0.05, 0.1) is 42.4 Å². The van der Waals surface area contributed by atoms with Gasteiger partial charge in [0.2, 0.25) is 5.91 Å². The molecular weight excluding hydrogens is 492 g/mol. The zero-order valence-corrected chi connectivity index (χ0v) is 20.7. The first-order chi connectivity index (χ1) is 18.1. The molecule has 2 amide bonds. The van der Waals surface area contributed by atoms with Crippen molar-refractivity contribution in [2.75, 3.05) is 13.1 Å². The maximum atomic E-state index is 14.5. The van der Waals surface area contributed by atoms with Gasteiger partial charge in [0.15, 0.2) is 5.54 Å². The zero-order chi connectivity index (χ0) is 27.1. The van der Waals surface area contributed by atoms with Crippen molar-refractivity contribution in [2.24, 2.45) is 0 Å². The van der Waals surface area contributed by atoms with Gasteiger partial charge in [-0.15, -0.1) is 0 Å². The van der Waals surface area contributed by atoms with Crippen LogP contribution in [0.3, 0.4) is 0 Å². The highest BCUT2D eigenvalue weighted by molar-refractivity contribution is 6.07. The molecule has 1 N–H and O–H groups in total. The van der Waals surface area contributed by atoms with Gasteiger partial charge in [-0.05, 0) is 43.2 Å². The summed E-state index contributed by atoms with van der Waals surface area (Å²) in [4.78, 5) is 31.5. The molecule has 1 aliphatic rings. The van der Waals surface area contributed by atoms with Crippen molar-refractivity contribution >= 4 is 22.7 Å². The van der Waals surface area contributed by atoms with Crippen LogP contribution in [0.15, 0.2) is 65.3 Å². The fourth-order valence-electron chi connectivity index (χ4n) is 5.07. The predicted molar refractivity (Wildman–Crippen MR) is 134 cm³/mol. The van der Waals surface area contributed by atoms with E-state index in [1.807, 2.05) is 19.1 Å². The van der Waals surface area contributed by atoms with E-state index >= 15 is 0 Å². The second-order valence-corrected chi connectivity index (χ2v) is 9.32. The number of fused-ring (bicyclic) bond motifs is 1. The van der Waals surface area contributed by atoms with Gasteiger partial charge in [-0.2, -0.15) is 5.26 Å². The first-order valence-corrected chi connectivity index (χ1v) is 11.9. The normalized spacial score (nSPS) is 18.3. The lowest BCUT2D eigenvalue weighted by Crippen LogP contribution is -2.48. The minimum Gasteiger partial charge on any atom is -0.361 e. The van der Waals surface area contributed by atoms with Crippen molar-refractivity contribution in [2.45, 2.75) is 31.7 Å². The molecule has 2 aromatic carbocycles. The van der Waals surface area contributed by atoms with Crippen LogP contribution >= 0.6 is 0 Å². The molecule has 1 atom stereocenters. The summed E-state index contributed by atoms with van der Waals surface area (Å²) in [6, 6.07) is 16.9. The van der Waals surface area contributed by atoms with Gasteiger partial charge in [0, 0.05) is 17.1 Å². The van der Waals surface area contributed by atoms with Crippen molar-refractivity contribution in [3.63, 3.8) is 0 Å². The van der Waals surface area contributed by atoms with Crippen LogP contribution in [0.25, 0.3) is 22.0 Å². The number of aryl methyl sites for hydroxylation is 2. The highest BCUT2D eigenvalue weighted by atomic mass is 19.3. The lowest BCUT2D eigenvalue weighted by atomic mass is 9.88. The van der Waals surface area contributed by atoms with E-state index in [-0.39, 0.29) is 5.56 Å². The van der Waals surface area contributed by atoms with Crippen molar-refractivity contribution in [1.29, 1.82) is 5.26 Å². The molecule has 0 bridgehead atoms. The third-order valence-electron chi connectivity index (χ3n) is 6.81. The summed E-state index contributed by atoms with van der Waals surface area (Å²) >= 11 is 0. The molecule has 10 heteroatoms. The predicted octanol–water partition coefficient (Wildman–Crippen LogP) is 4.52.